The zero-order valence-corrected chi connectivity index (χ0v) is 17.2. The van der Waals surface area contributed by atoms with Crippen LogP contribution < -0.4 is 0 Å². The van der Waals surface area contributed by atoms with E-state index in [4.69, 9.17) is 4.43 Å². The topological polar surface area (TPSA) is 26.3 Å². The molecule has 0 aromatic carbocycles. The second-order valence-electron chi connectivity index (χ2n) is 7.66. The van der Waals surface area contributed by atoms with Gasteiger partial charge in [-0.15, -0.1) is 0 Å². The Kier molecular flexibility index (Phi) is 11.1. The Bertz CT molecular complexity index is 276. The predicted octanol–water partition coefficient (Wildman–Crippen LogP) is 6.85. The van der Waals surface area contributed by atoms with E-state index in [1.807, 2.05) is 0 Å². The summed E-state index contributed by atoms with van der Waals surface area (Å²) in [5.74, 6) is 0.0522. The van der Waals surface area contributed by atoms with E-state index in [0.29, 0.717) is 23.0 Å². The highest BCUT2D eigenvalue weighted by Gasteiger charge is 2.47. The second kappa shape index (κ2) is 11.3. The monoisotopic (exact) mass is 328 g/mol. The molecule has 0 fully saturated rings. The van der Waals surface area contributed by atoms with Crippen LogP contribution in [-0.2, 0) is 9.22 Å². The fourth-order valence-electron chi connectivity index (χ4n) is 3.83. The first-order valence-corrected chi connectivity index (χ1v) is 11.6. The van der Waals surface area contributed by atoms with Crippen LogP contribution in [0, 0.1) is 0 Å². The lowest BCUT2D eigenvalue weighted by Gasteiger charge is -2.41. The van der Waals surface area contributed by atoms with Gasteiger partial charge in [-0.05, 0) is 23.0 Å². The zero-order chi connectivity index (χ0) is 17.2. The van der Waals surface area contributed by atoms with Gasteiger partial charge in [0.05, 0.1) is 0 Å². The van der Waals surface area contributed by atoms with Crippen molar-refractivity contribution in [3.05, 3.63) is 0 Å². The van der Waals surface area contributed by atoms with Gasteiger partial charge in [0, 0.05) is 6.42 Å². The summed E-state index contributed by atoms with van der Waals surface area (Å²) in [6.07, 6.45) is 9.30. The van der Waals surface area contributed by atoms with Crippen LogP contribution in [0.15, 0.2) is 0 Å². The highest BCUT2D eigenvalue weighted by molar-refractivity contribution is 6.78. The van der Waals surface area contributed by atoms with Crippen LogP contribution in [0.2, 0.25) is 16.6 Å². The third kappa shape index (κ3) is 6.85. The SMILES string of the molecule is CCCCCCCCCC(=O)O[Si](C(C)C)(C(C)C)C(C)C. The van der Waals surface area contributed by atoms with Crippen molar-refractivity contribution in [2.45, 2.75) is 116 Å². The van der Waals surface area contributed by atoms with Crippen molar-refractivity contribution in [2.24, 2.45) is 0 Å². The summed E-state index contributed by atoms with van der Waals surface area (Å²) in [6, 6.07) is 0. The van der Waals surface area contributed by atoms with Crippen molar-refractivity contribution >= 4 is 14.3 Å². The molecular formula is C19H40O2Si. The molecule has 2 nitrogen and oxygen atoms in total. The molecule has 3 heteroatoms. The van der Waals surface area contributed by atoms with Crippen molar-refractivity contribution in [3.8, 4) is 0 Å². The van der Waals surface area contributed by atoms with Gasteiger partial charge in [-0.2, -0.15) is 0 Å². The fraction of sp³-hybridized carbons (Fsp3) is 0.947. The lowest BCUT2D eigenvalue weighted by Crippen LogP contribution is -2.49. The molecule has 0 bridgehead atoms. The number of hydrogen-bond donors (Lipinski definition) is 0. The molecule has 0 heterocycles. The van der Waals surface area contributed by atoms with Crippen LogP contribution in [0.5, 0.6) is 0 Å². The Morgan fingerprint density at radius 2 is 1.18 bits per heavy atom. The van der Waals surface area contributed by atoms with E-state index in [9.17, 15) is 4.79 Å². The Morgan fingerprint density at radius 1 is 0.773 bits per heavy atom. The normalized spacial score (nSPS) is 12.5. The summed E-state index contributed by atoms with van der Waals surface area (Å²) in [5, 5.41) is 0. The number of hydrogen-bond acceptors (Lipinski definition) is 2. The number of carbonyl (C=O) groups is 1. The van der Waals surface area contributed by atoms with E-state index in [1.165, 1.54) is 38.5 Å². The summed E-state index contributed by atoms with van der Waals surface area (Å²) in [5.41, 5.74) is 1.43. The van der Waals surface area contributed by atoms with Gasteiger partial charge in [-0.3, -0.25) is 4.79 Å². The summed E-state index contributed by atoms with van der Waals surface area (Å²) >= 11 is 0. The molecule has 0 amide bonds. The van der Waals surface area contributed by atoms with Crippen molar-refractivity contribution in [3.63, 3.8) is 0 Å². The van der Waals surface area contributed by atoms with Gasteiger partial charge < -0.3 is 4.43 Å². The van der Waals surface area contributed by atoms with Crippen molar-refractivity contribution < 1.29 is 9.22 Å². The molecule has 0 radical (unpaired) electrons. The first-order valence-electron chi connectivity index (χ1n) is 9.50. The summed E-state index contributed by atoms with van der Waals surface area (Å²) in [7, 11) is -2.03. The van der Waals surface area contributed by atoms with Crippen LogP contribution in [-0.4, -0.2) is 14.3 Å². The molecule has 0 N–H and O–H groups in total. The van der Waals surface area contributed by atoms with Gasteiger partial charge in [0.2, 0.25) is 0 Å². The molecule has 0 aliphatic rings. The first kappa shape index (κ1) is 21.7. The molecule has 0 aromatic heterocycles. The Labute approximate surface area is 140 Å². The summed E-state index contributed by atoms with van der Waals surface area (Å²) in [6.45, 7) is 15.6. The molecule has 0 unspecified atom stereocenters. The number of unbranched alkanes of at least 4 members (excludes halogenated alkanes) is 6. The smallest absolute Gasteiger partial charge is 0.292 e. The molecule has 0 aliphatic heterocycles. The van der Waals surface area contributed by atoms with Crippen LogP contribution in [0.1, 0.15) is 99.8 Å². The minimum Gasteiger partial charge on any atom is -0.518 e. The second-order valence-corrected chi connectivity index (χ2v) is 13.0. The Hall–Kier alpha value is -0.313. The lowest BCUT2D eigenvalue weighted by molar-refractivity contribution is -0.135. The van der Waals surface area contributed by atoms with Crippen molar-refractivity contribution in [1.82, 2.24) is 0 Å². The predicted molar refractivity (Wildman–Crippen MR) is 99.8 cm³/mol. The molecule has 0 aromatic rings. The molecule has 0 aliphatic carbocycles. The quantitative estimate of drug-likeness (QED) is 0.289. The average Bonchev–Trinajstić information content (AvgIpc) is 2.42. The van der Waals surface area contributed by atoms with E-state index in [0.717, 1.165) is 6.42 Å². The van der Waals surface area contributed by atoms with E-state index >= 15 is 0 Å². The maximum atomic E-state index is 12.3. The molecule has 0 rings (SSSR count). The van der Waals surface area contributed by atoms with Crippen molar-refractivity contribution in [1.29, 1.82) is 0 Å². The Morgan fingerprint density at radius 3 is 1.59 bits per heavy atom. The van der Waals surface area contributed by atoms with Gasteiger partial charge in [0.1, 0.15) is 0 Å². The van der Waals surface area contributed by atoms with Crippen LogP contribution in [0.4, 0.5) is 0 Å². The van der Waals surface area contributed by atoms with Crippen LogP contribution in [0.3, 0.4) is 0 Å². The van der Waals surface area contributed by atoms with E-state index in [2.05, 4.69) is 48.5 Å². The molecular weight excluding hydrogens is 288 g/mol. The Balaban J connectivity index is 4.25. The minimum absolute atomic E-state index is 0.0522. The minimum atomic E-state index is -2.03. The van der Waals surface area contributed by atoms with Gasteiger partial charge in [-0.1, -0.05) is 87.0 Å². The van der Waals surface area contributed by atoms with E-state index < -0.39 is 8.32 Å². The maximum Gasteiger partial charge on any atom is 0.292 e. The van der Waals surface area contributed by atoms with Gasteiger partial charge in [0.25, 0.3) is 14.3 Å². The standard InChI is InChI=1S/C19H40O2Si/c1-8-9-10-11-12-13-14-15-19(20)21-22(16(2)3,17(4)5)18(6)7/h16-18H,8-15H2,1-7H3. The maximum absolute atomic E-state index is 12.3. The largest absolute Gasteiger partial charge is 0.518 e. The number of carbonyl (C=O) groups excluding carboxylic acids is 1. The molecule has 0 atom stereocenters. The highest BCUT2D eigenvalue weighted by atomic mass is 28.4. The molecule has 22 heavy (non-hydrogen) atoms. The molecule has 0 spiro atoms. The molecule has 132 valence electrons. The van der Waals surface area contributed by atoms with Gasteiger partial charge in [0.15, 0.2) is 0 Å². The van der Waals surface area contributed by atoms with Crippen LogP contribution >= 0.6 is 0 Å². The highest BCUT2D eigenvalue weighted by Crippen LogP contribution is 2.42. The summed E-state index contributed by atoms with van der Waals surface area (Å²) < 4.78 is 6.17. The lowest BCUT2D eigenvalue weighted by atomic mass is 10.1. The molecule has 0 saturated carbocycles. The average molecular weight is 329 g/mol. The zero-order valence-electron chi connectivity index (χ0n) is 16.2. The first-order chi connectivity index (χ1) is 10.3. The van der Waals surface area contributed by atoms with Crippen LogP contribution in [0.25, 0.3) is 0 Å². The van der Waals surface area contributed by atoms with Crippen molar-refractivity contribution in [2.75, 3.05) is 0 Å². The third-order valence-electron chi connectivity index (χ3n) is 4.98. The van der Waals surface area contributed by atoms with E-state index in [1.54, 1.807) is 0 Å². The van der Waals surface area contributed by atoms with E-state index in [-0.39, 0.29) is 5.97 Å². The third-order valence-corrected chi connectivity index (χ3v) is 11.0. The van der Waals surface area contributed by atoms with Gasteiger partial charge >= 0.3 is 0 Å². The summed E-state index contributed by atoms with van der Waals surface area (Å²) in [4.78, 5) is 12.3. The number of rotatable bonds is 12. The fourth-order valence-corrected chi connectivity index (χ4v) is 9.03. The molecule has 0 saturated heterocycles. The van der Waals surface area contributed by atoms with Gasteiger partial charge in [-0.25, -0.2) is 0 Å².